The monoisotopic (exact) mass is 882 g/mol. The van der Waals surface area contributed by atoms with E-state index in [0.29, 0.717) is 5.82 Å². The third-order valence-corrected chi connectivity index (χ3v) is 14.9. The lowest BCUT2D eigenvalue weighted by Crippen LogP contribution is -2.28. The van der Waals surface area contributed by atoms with Crippen LogP contribution in [0.3, 0.4) is 0 Å². The Bertz CT molecular complexity index is 3780. The van der Waals surface area contributed by atoms with Crippen LogP contribution in [0.1, 0.15) is 22.3 Å². The molecule has 2 nitrogen and oxygen atoms in total. The van der Waals surface area contributed by atoms with Gasteiger partial charge in [0.15, 0.2) is 5.82 Å². The van der Waals surface area contributed by atoms with Crippen LogP contribution >= 0.6 is 11.3 Å². The number of thiophene rings is 1. The van der Waals surface area contributed by atoms with E-state index in [-0.39, 0.29) is 0 Å². The fourth-order valence-electron chi connectivity index (χ4n) is 10.7. The number of benzene rings is 10. The number of aromatic nitrogens is 2. The average molecular weight is 883 g/mol. The largest absolute Gasteiger partial charge is 0.228 e. The summed E-state index contributed by atoms with van der Waals surface area (Å²) in [4.78, 5) is 10.9. The molecule has 2 aromatic heterocycles. The Morgan fingerprint density at radius 1 is 0.294 bits per heavy atom. The second kappa shape index (κ2) is 16.4. The molecule has 0 unspecified atom stereocenters. The molecule has 0 radical (unpaired) electrons. The molecule has 0 bridgehead atoms. The molecule has 318 valence electrons. The van der Waals surface area contributed by atoms with E-state index in [1.54, 1.807) is 0 Å². The molecule has 0 atom stereocenters. The molecule has 13 rings (SSSR count). The van der Waals surface area contributed by atoms with Crippen molar-refractivity contribution in [1.29, 1.82) is 0 Å². The summed E-state index contributed by atoms with van der Waals surface area (Å²) < 4.78 is 2.59. The van der Waals surface area contributed by atoms with Crippen LogP contribution in [0.5, 0.6) is 0 Å². The van der Waals surface area contributed by atoms with E-state index in [0.717, 1.165) is 44.8 Å². The predicted octanol–water partition coefficient (Wildman–Crippen LogP) is 17.2. The Morgan fingerprint density at radius 2 is 0.794 bits per heavy atom. The molecule has 0 N–H and O–H groups in total. The van der Waals surface area contributed by atoms with Crippen molar-refractivity contribution in [1.82, 2.24) is 9.97 Å². The molecular weight excluding hydrogens is 841 g/mol. The van der Waals surface area contributed by atoms with Gasteiger partial charge in [0.05, 0.1) is 16.8 Å². The van der Waals surface area contributed by atoms with Gasteiger partial charge in [-0.3, -0.25) is 0 Å². The second-order valence-corrected chi connectivity index (χ2v) is 18.7. The van der Waals surface area contributed by atoms with E-state index in [4.69, 9.17) is 9.97 Å². The maximum atomic E-state index is 5.49. The third-order valence-electron chi connectivity index (χ3n) is 13.8. The Hall–Kier alpha value is -8.50. The van der Waals surface area contributed by atoms with Gasteiger partial charge in [-0.25, -0.2) is 9.97 Å². The van der Waals surface area contributed by atoms with Gasteiger partial charge in [0.1, 0.15) is 0 Å². The zero-order chi connectivity index (χ0) is 45.0. The van der Waals surface area contributed by atoms with Gasteiger partial charge in [-0.2, -0.15) is 0 Å². The van der Waals surface area contributed by atoms with Gasteiger partial charge in [-0.1, -0.05) is 212 Å². The van der Waals surface area contributed by atoms with Crippen LogP contribution in [0.15, 0.2) is 255 Å². The molecule has 0 fully saturated rings. The van der Waals surface area contributed by atoms with Crippen molar-refractivity contribution >= 4 is 31.5 Å². The van der Waals surface area contributed by atoms with E-state index in [9.17, 15) is 0 Å². The van der Waals surface area contributed by atoms with E-state index in [1.165, 1.54) is 70.2 Å². The van der Waals surface area contributed by atoms with E-state index in [1.807, 2.05) is 17.4 Å². The lowest BCUT2D eigenvalue weighted by Gasteiger charge is -2.33. The summed E-state index contributed by atoms with van der Waals surface area (Å²) in [5.74, 6) is 0.685. The molecule has 0 saturated carbocycles. The molecule has 2 heterocycles. The minimum Gasteiger partial charge on any atom is -0.228 e. The Morgan fingerprint density at radius 3 is 1.51 bits per heavy atom. The zero-order valence-electron chi connectivity index (χ0n) is 37.1. The standard InChI is InChI=1S/C65H42N2S/c1-5-18-43(19-6-1)44-32-34-45(35-33-44)48-38-49(47-36-37-62-56(41-47)53-26-14-16-31-61(53)68-62)40-50(39-48)59-42-60(67-64(66-59)46-20-7-2-8-21-46)55-28-17-30-58-63(55)54-27-13-15-29-57(54)65(58,51-22-9-3-10-23-51)52-24-11-4-12-25-52/h1-42H. The van der Waals surface area contributed by atoms with Crippen LogP contribution in [0, 0.1) is 0 Å². The van der Waals surface area contributed by atoms with Gasteiger partial charge in [0, 0.05) is 36.9 Å². The quantitative estimate of drug-likeness (QED) is 0.152. The fourth-order valence-corrected chi connectivity index (χ4v) is 11.7. The molecule has 10 aromatic carbocycles. The number of hydrogen-bond acceptors (Lipinski definition) is 3. The van der Waals surface area contributed by atoms with Crippen molar-refractivity contribution in [3.05, 3.63) is 277 Å². The Labute approximate surface area is 400 Å². The van der Waals surface area contributed by atoms with Crippen LogP contribution in [-0.4, -0.2) is 9.97 Å². The first kappa shape index (κ1) is 39.8. The minimum absolute atomic E-state index is 0.531. The van der Waals surface area contributed by atoms with Gasteiger partial charge in [-0.15, -0.1) is 11.3 Å². The fraction of sp³-hybridized carbons (Fsp3) is 0.0154. The van der Waals surface area contributed by atoms with Crippen molar-refractivity contribution in [2.24, 2.45) is 0 Å². The first-order chi connectivity index (χ1) is 33.7. The van der Waals surface area contributed by atoms with Gasteiger partial charge in [0.25, 0.3) is 0 Å². The highest BCUT2D eigenvalue weighted by atomic mass is 32.1. The van der Waals surface area contributed by atoms with E-state index in [2.05, 4.69) is 249 Å². The summed E-state index contributed by atoms with van der Waals surface area (Å²) >= 11 is 1.85. The number of rotatable bonds is 8. The summed E-state index contributed by atoms with van der Waals surface area (Å²) in [5, 5.41) is 2.56. The highest BCUT2D eigenvalue weighted by Crippen LogP contribution is 2.58. The highest BCUT2D eigenvalue weighted by molar-refractivity contribution is 7.25. The molecule has 1 aliphatic carbocycles. The summed E-state index contributed by atoms with van der Waals surface area (Å²) in [6, 6.07) is 92.5. The summed E-state index contributed by atoms with van der Waals surface area (Å²) in [6.45, 7) is 0. The topological polar surface area (TPSA) is 25.8 Å². The van der Waals surface area contributed by atoms with Crippen molar-refractivity contribution in [3.8, 4) is 78.4 Å². The maximum absolute atomic E-state index is 5.49. The van der Waals surface area contributed by atoms with Crippen LogP contribution < -0.4 is 0 Å². The summed E-state index contributed by atoms with van der Waals surface area (Å²) in [6.07, 6.45) is 0. The first-order valence-electron chi connectivity index (χ1n) is 23.2. The molecule has 0 saturated heterocycles. The van der Waals surface area contributed by atoms with Crippen LogP contribution in [0.4, 0.5) is 0 Å². The SMILES string of the molecule is c1ccc(-c2ccc(-c3cc(-c4ccc5sc6ccccc6c5c4)cc(-c4cc(-c5cccc6c5-c5ccccc5C6(c5ccccc5)c5ccccc5)nc(-c5ccccc5)n4)c3)cc2)cc1. The summed E-state index contributed by atoms with van der Waals surface area (Å²) in [5.41, 5.74) is 18.6. The van der Waals surface area contributed by atoms with Gasteiger partial charge < -0.3 is 0 Å². The van der Waals surface area contributed by atoms with E-state index >= 15 is 0 Å². The number of fused-ring (bicyclic) bond motifs is 6. The molecular formula is C65H42N2S. The average Bonchev–Trinajstić information content (AvgIpc) is 3.95. The van der Waals surface area contributed by atoms with Gasteiger partial charge in [0.2, 0.25) is 0 Å². The molecule has 12 aromatic rings. The van der Waals surface area contributed by atoms with Crippen LogP contribution in [-0.2, 0) is 5.41 Å². The van der Waals surface area contributed by atoms with Crippen LogP contribution in [0.25, 0.3) is 98.6 Å². The van der Waals surface area contributed by atoms with Gasteiger partial charge >= 0.3 is 0 Å². The predicted molar refractivity (Wildman–Crippen MR) is 285 cm³/mol. The second-order valence-electron chi connectivity index (χ2n) is 17.6. The molecule has 1 aliphatic rings. The van der Waals surface area contributed by atoms with Crippen molar-refractivity contribution in [2.45, 2.75) is 5.41 Å². The number of nitrogens with zero attached hydrogens (tertiary/aromatic N) is 2. The smallest absolute Gasteiger partial charge is 0.160 e. The Kier molecular flexibility index (Phi) is 9.62. The minimum atomic E-state index is -0.531. The highest BCUT2D eigenvalue weighted by Gasteiger charge is 2.46. The van der Waals surface area contributed by atoms with Crippen molar-refractivity contribution in [3.63, 3.8) is 0 Å². The normalized spacial score (nSPS) is 12.5. The van der Waals surface area contributed by atoms with Crippen molar-refractivity contribution < 1.29 is 0 Å². The summed E-state index contributed by atoms with van der Waals surface area (Å²) in [7, 11) is 0. The lowest BCUT2D eigenvalue weighted by molar-refractivity contribution is 0.768. The van der Waals surface area contributed by atoms with Crippen LogP contribution in [0.2, 0.25) is 0 Å². The zero-order valence-corrected chi connectivity index (χ0v) is 37.9. The number of hydrogen-bond donors (Lipinski definition) is 0. The van der Waals surface area contributed by atoms with E-state index < -0.39 is 5.41 Å². The van der Waals surface area contributed by atoms with Gasteiger partial charge in [-0.05, 0) is 109 Å². The maximum Gasteiger partial charge on any atom is 0.160 e. The third kappa shape index (κ3) is 6.62. The molecule has 0 amide bonds. The lowest BCUT2D eigenvalue weighted by atomic mass is 9.67. The molecule has 0 aliphatic heterocycles. The molecule has 0 spiro atoms. The molecule has 68 heavy (non-hydrogen) atoms. The Balaban J connectivity index is 1.04. The first-order valence-corrected chi connectivity index (χ1v) is 24.0. The molecule has 3 heteroatoms. The van der Waals surface area contributed by atoms with Crippen molar-refractivity contribution in [2.75, 3.05) is 0 Å².